The lowest BCUT2D eigenvalue weighted by atomic mass is 9.78. The number of nitrogens with one attached hydrogen (secondary N) is 1. The number of carbonyl (C=O) groups excluding carboxylic acids is 1. The van der Waals surface area contributed by atoms with Gasteiger partial charge in [0, 0.05) is 34.8 Å². The Morgan fingerprint density at radius 3 is 2.26 bits per heavy atom. The molecule has 2 aromatic carbocycles. The zero-order valence-electron chi connectivity index (χ0n) is 21.3. The fraction of sp³-hybridized carbons (Fsp3) is 0.321. The molecule has 0 atom stereocenters. The maximum atomic E-state index is 12.1. The van der Waals surface area contributed by atoms with Crippen molar-refractivity contribution in [2.75, 3.05) is 12.4 Å². The summed E-state index contributed by atoms with van der Waals surface area (Å²) in [6.07, 6.45) is 3.59. The van der Waals surface area contributed by atoms with E-state index in [4.69, 9.17) is 9.72 Å². The number of aromatic nitrogens is 3. The van der Waals surface area contributed by atoms with Crippen LogP contribution in [0.4, 0.5) is 11.5 Å². The Hall–Kier alpha value is -3.87. The molecular weight excluding hydrogens is 440 g/mol. The monoisotopic (exact) mass is 472 g/mol. The molecule has 35 heavy (non-hydrogen) atoms. The number of imidazole rings is 1. The van der Waals surface area contributed by atoms with Crippen molar-refractivity contribution in [3.8, 4) is 17.0 Å². The molecule has 2 N–H and O–H groups in total. The van der Waals surface area contributed by atoms with Gasteiger partial charge in [0.2, 0.25) is 5.78 Å². The molecule has 0 spiro atoms. The van der Waals surface area contributed by atoms with E-state index >= 15 is 0 Å². The lowest BCUT2D eigenvalue weighted by Gasteiger charge is -2.28. The average molecular weight is 473 g/mol. The number of methoxy groups -OCH3 is 1. The van der Waals surface area contributed by atoms with E-state index in [2.05, 4.69) is 51.8 Å². The number of carbonyl (C=O) groups is 1. The van der Waals surface area contributed by atoms with Gasteiger partial charge in [-0.15, -0.1) is 0 Å². The quantitative estimate of drug-likeness (QED) is 0.343. The maximum absolute atomic E-state index is 12.1. The molecule has 0 saturated heterocycles. The van der Waals surface area contributed by atoms with Gasteiger partial charge in [0.15, 0.2) is 0 Å². The van der Waals surface area contributed by atoms with Crippen LogP contribution in [-0.4, -0.2) is 32.6 Å². The minimum Gasteiger partial charge on any atom is -0.507 e. The number of hydrogen-bond donors (Lipinski definition) is 2. The summed E-state index contributed by atoms with van der Waals surface area (Å²) in [5.41, 5.74) is 3.87. The molecule has 0 aliphatic carbocycles. The predicted octanol–water partition coefficient (Wildman–Crippen LogP) is 6.23. The summed E-state index contributed by atoms with van der Waals surface area (Å²) in [7, 11) is 1.36. The summed E-state index contributed by atoms with van der Waals surface area (Å²) in [6.45, 7) is 12.5. The van der Waals surface area contributed by atoms with Crippen molar-refractivity contribution in [2.24, 2.45) is 0 Å². The van der Waals surface area contributed by atoms with Crippen LogP contribution >= 0.6 is 0 Å². The molecule has 0 saturated carbocycles. The number of hydrogen-bond acceptors (Lipinski definition) is 6. The number of benzene rings is 2. The Morgan fingerprint density at radius 2 is 1.66 bits per heavy atom. The summed E-state index contributed by atoms with van der Waals surface area (Å²) in [6, 6.07) is 13.0. The van der Waals surface area contributed by atoms with E-state index in [1.165, 1.54) is 7.11 Å². The second-order valence-electron chi connectivity index (χ2n) is 10.7. The van der Waals surface area contributed by atoms with Crippen LogP contribution in [0, 0.1) is 0 Å². The van der Waals surface area contributed by atoms with Crippen molar-refractivity contribution in [1.29, 1.82) is 0 Å². The Labute approximate surface area is 205 Å². The zero-order chi connectivity index (χ0) is 25.5. The van der Waals surface area contributed by atoms with Gasteiger partial charge >= 0.3 is 5.97 Å². The van der Waals surface area contributed by atoms with Gasteiger partial charge in [-0.05, 0) is 47.2 Å². The number of anilines is 2. The predicted molar refractivity (Wildman–Crippen MR) is 139 cm³/mol. The lowest BCUT2D eigenvalue weighted by molar-refractivity contribution is 0.0600. The molecule has 7 nitrogen and oxygen atoms in total. The molecule has 4 aromatic rings. The summed E-state index contributed by atoms with van der Waals surface area (Å²) in [5.74, 6) is 1.16. The fourth-order valence-corrected chi connectivity index (χ4v) is 4.10. The van der Waals surface area contributed by atoms with Crippen LogP contribution in [0.5, 0.6) is 5.75 Å². The van der Waals surface area contributed by atoms with E-state index < -0.39 is 5.97 Å². The summed E-state index contributed by atoms with van der Waals surface area (Å²) < 4.78 is 6.75. The molecule has 0 aliphatic rings. The number of ether oxygens (including phenoxy) is 1. The third kappa shape index (κ3) is 4.71. The van der Waals surface area contributed by atoms with Crippen LogP contribution < -0.4 is 5.32 Å². The number of fused-ring (bicyclic) bond motifs is 1. The highest BCUT2D eigenvalue weighted by atomic mass is 16.5. The molecule has 0 radical (unpaired) electrons. The van der Waals surface area contributed by atoms with E-state index in [0.717, 1.165) is 16.7 Å². The van der Waals surface area contributed by atoms with Crippen LogP contribution in [0.2, 0.25) is 0 Å². The third-order valence-corrected chi connectivity index (χ3v) is 5.95. The average Bonchev–Trinajstić information content (AvgIpc) is 3.15. The Bertz CT molecular complexity index is 1370. The first-order chi connectivity index (χ1) is 16.4. The lowest BCUT2D eigenvalue weighted by Crippen LogP contribution is -2.17. The van der Waals surface area contributed by atoms with Crippen LogP contribution in [0.3, 0.4) is 0 Å². The number of phenolic OH excluding ortho intramolecular Hbond substituents is 1. The van der Waals surface area contributed by atoms with Crippen molar-refractivity contribution < 1.29 is 14.6 Å². The van der Waals surface area contributed by atoms with E-state index in [1.54, 1.807) is 24.4 Å². The van der Waals surface area contributed by atoms with Gasteiger partial charge in [-0.3, -0.25) is 4.40 Å². The molecular formula is C28H32N4O3. The van der Waals surface area contributed by atoms with Crippen molar-refractivity contribution in [3.05, 3.63) is 71.5 Å². The van der Waals surface area contributed by atoms with Crippen LogP contribution in [0.25, 0.3) is 17.0 Å². The Morgan fingerprint density at radius 1 is 1.00 bits per heavy atom. The van der Waals surface area contributed by atoms with Gasteiger partial charge in [-0.25, -0.2) is 14.8 Å². The fourth-order valence-electron chi connectivity index (χ4n) is 4.10. The van der Waals surface area contributed by atoms with Crippen molar-refractivity contribution in [3.63, 3.8) is 0 Å². The molecule has 2 aromatic heterocycles. The summed E-state index contributed by atoms with van der Waals surface area (Å²) in [5, 5.41) is 14.6. The first kappa shape index (κ1) is 24.3. The smallest absolute Gasteiger partial charge is 0.337 e. The SMILES string of the molecule is COC(=O)c1cccc(Nc2c(-c3cc(C(C)(C)C)c(O)c(C(C)(C)C)c3)nc3ncccn23)c1. The largest absolute Gasteiger partial charge is 0.507 e. The molecule has 0 aliphatic heterocycles. The highest BCUT2D eigenvalue weighted by Gasteiger charge is 2.28. The summed E-state index contributed by atoms with van der Waals surface area (Å²) in [4.78, 5) is 21.3. The Kier molecular flexibility index (Phi) is 6.05. The first-order valence-electron chi connectivity index (χ1n) is 11.6. The van der Waals surface area contributed by atoms with Crippen LogP contribution in [0.1, 0.15) is 63.0 Å². The van der Waals surface area contributed by atoms with E-state index in [-0.39, 0.29) is 10.8 Å². The molecule has 0 fully saturated rings. The number of esters is 1. The molecule has 7 heteroatoms. The van der Waals surface area contributed by atoms with Gasteiger partial charge in [0.05, 0.1) is 12.7 Å². The topological polar surface area (TPSA) is 88.8 Å². The van der Waals surface area contributed by atoms with Gasteiger partial charge in [-0.2, -0.15) is 0 Å². The Balaban J connectivity index is 1.95. The minimum atomic E-state index is -0.406. The third-order valence-electron chi connectivity index (χ3n) is 5.95. The normalized spacial score (nSPS) is 12.1. The van der Waals surface area contributed by atoms with Crippen molar-refractivity contribution in [1.82, 2.24) is 14.4 Å². The number of phenols is 1. The number of aromatic hydroxyl groups is 1. The molecule has 182 valence electrons. The molecule has 4 rings (SSSR count). The maximum Gasteiger partial charge on any atom is 0.337 e. The second-order valence-corrected chi connectivity index (χ2v) is 10.7. The first-order valence-corrected chi connectivity index (χ1v) is 11.6. The molecule has 0 amide bonds. The minimum absolute atomic E-state index is 0.278. The van der Waals surface area contributed by atoms with E-state index in [1.807, 2.05) is 34.9 Å². The van der Waals surface area contributed by atoms with Gasteiger partial charge in [0.25, 0.3) is 0 Å². The highest BCUT2D eigenvalue weighted by Crippen LogP contribution is 2.43. The highest BCUT2D eigenvalue weighted by molar-refractivity contribution is 5.91. The van der Waals surface area contributed by atoms with Gasteiger partial charge < -0.3 is 15.2 Å². The molecule has 2 heterocycles. The van der Waals surface area contributed by atoms with Crippen molar-refractivity contribution >= 4 is 23.3 Å². The van der Waals surface area contributed by atoms with Crippen LogP contribution in [0.15, 0.2) is 54.9 Å². The molecule has 0 bridgehead atoms. The van der Waals surface area contributed by atoms with Crippen LogP contribution in [-0.2, 0) is 15.6 Å². The van der Waals surface area contributed by atoms with E-state index in [9.17, 15) is 9.90 Å². The second kappa shape index (κ2) is 8.73. The van der Waals surface area contributed by atoms with Gasteiger partial charge in [-0.1, -0.05) is 47.6 Å². The standard InChI is InChI=1S/C28H32N4O3/c1-27(2,3)20-15-18(16-21(23(20)33)28(4,5)6)22-24(32-13-9-12-29-26(32)31-22)30-19-11-8-10-17(14-19)25(34)35-7/h8-16,30,33H,1-7H3. The zero-order valence-corrected chi connectivity index (χ0v) is 21.3. The van der Waals surface area contributed by atoms with Gasteiger partial charge in [0.1, 0.15) is 17.3 Å². The molecule has 0 unspecified atom stereocenters. The van der Waals surface area contributed by atoms with E-state index in [0.29, 0.717) is 34.3 Å². The summed E-state index contributed by atoms with van der Waals surface area (Å²) >= 11 is 0. The number of rotatable bonds is 4. The number of nitrogens with zero attached hydrogens (tertiary/aromatic N) is 3. The van der Waals surface area contributed by atoms with Crippen molar-refractivity contribution in [2.45, 2.75) is 52.4 Å².